The molecule has 1 atom stereocenters. The van der Waals surface area contributed by atoms with E-state index in [4.69, 9.17) is 0 Å². The highest BCUT2D eigenvalue weighted by Gasteiger charge is 2.21. The van der Waals surface area contributed by atoms with E-state index in [1.165, 1.54) is 6.20 Å². The van der Waals surface area contributed by atoms with Crippen LogP contribution in [0.2, 0.25) is 0 Å². The first kappa shape index (κ1) is 13.2. The number of hydrogen-bond acceptors (Lipinski definition) is 4. The fraction of sp³-hybridized carbons (Fsp3) is 0.385. The number of carboxylic acids is 1. The van der Waals surface area contributed by atoms with E-state index in [9.17, 15) is 9.90 Å². The van der Waals surface area contributed by atoms with Crippen LogP contribution in [0.15, 0.2) is 18.6 Å². The quantitative estimate of drug-likeness (QED) is 0.912. The summed E-state index contributed by atoms with van der Waals surface area (Å²) in [5.41, 5.74) is 1.71. The number of nitrogens with zero attached hydrogens (tertiary/aromatic N) is 4. The van der Waals surface area contributed by atoms with E-state index < -0.39 is 5.97 Å². The molecule has 0 bridgehead atoms. The molecule has 0 aliphatic carbocycles. The first-order valence-electron chi connectivity index (χ1n) is 6.15. The van der Waals surface area contributed by atoms with Gasteiger partial charge in [0.2, 0.25) is 0 Å². The summed E-state index contributed by atoms with van der Waals surface area (Å²) in [5.74, 6) is -1.00. The second-order valence-electron chi connectivity index (χ2n) is 4.42. The molecule has 0 spiro atoms. The van der Waals surface area contributed by atoms with Crippen molar-refractivity contribution in [2.75, 3.05) is 0 Å². The molecule has 0 aliphatic rings. The van der Waals surface area contributed by atoms with Gasteiger partial charge in [0.05, 0.1) is 5.69 Å². The van der Waals surface area contributed by atoms with Crippen LogP contribution in [0.25, 0.3) is 11.4 Å². The molecule has 1 unspecified atom stereocenters. The Morgan fingerprint density at radius 2 is 2.05 bits per heavy atom. The molecule has 2 aromatic heterocycles. The normalized spacial score (nSPS) is 12.4. The molecule has 6 heteroatoms. The van der Waals surface area contributed by atoms with Gasteiger partial charge < -0.3 is 5.11 Å². The highest BCUT2D eigenvalue weighted by molar-refractivity contribution is 5.94. The minimum atomic E-state index is -1.00. The monoisotopic (exact) mass is 260 g/mol. The lowest BCUT2D eigenvalue weighted by molar-refractivity contribution is 0.0697. The number of aromatic carboxylic acids is 1. The molecule has 2 rings (SSSR count). The van der Waals surface area contributed by atoms with Crippen LogP contribution in [-0.4, -0.2) is 30.8 Å². The van der Waals surface area contributed by atoms with Crippen LogP contribution in [-0.2, 0) is 0 Å². The molecule has 0 radical (unpaired) electrons. The van der Waals surface area contributed by atoms with E-state index in [0.717, 1.165) is 6.42 Å². The van der Waals surface area contributed by atoms with Crippen molar-refractivity contribution >= 4 is 5.97 Å². The number of rotatable bonds is 4. The molecule has 100 valence electrons. The van der Waals surface area contributed by atoms with E-state index in [0.29, 0.717) is 17.1 Å². The minimum absolute atomic E-state index is 0.142. The van der Waals surface area contributed by atoms with Gasteiger partial charge in [-0.25, -0.2) is 4.79 Å². The molecular weight excluding hydrogens is 244 g/mol. The van der Waals surface area contributed by atoms with E-state index in [1.54, 1.807) is 24.0 Å². The van der Waals surface area contributed by atoms with Gasteiger partial charge in [0.1, 0.15) is 17.0 Å². The second kappa shape index (κ2) is 5.17. The van der Waals surface area contributed by atoms with Gasteiger partial charge >= 0.3 is 5.97 Å². The average Bonchev–Trinajstić information content (AvgIpc) is 2.83. The minimum Gasteiger partial charge on any atom is -0.478 e. The SMILES string of the molecule is CCC(C)n1cc(C(=O)O)c(-c2nccnc2C)n1. The Bertz CT molecular complexity index is 606. The number of aromatic nitrogens is 4. The van der Waals surface area contributed by atoms with Crippen LogP contribution in [0.4, 0.5) is 0 Å². The molecule has 2 aromatic rings. The van der Waals surface area contributed by atoms with Crippen LogP contribution < -0.4 is 0 Å². The third kappa shape index (κ3) is 2.47. The molecule has 0 amide bonds. The summed E-state index contributed by atoms with van der Waals surface area (Å²) in [6.07, 6.45) is 5.54. The van der Waals surface area contributed by atoms with Gasteiger partial charge in [-0.3, -0.25) is 14.6 Å². The predicted octanol–water partition coefficient (Wildman–Crippen LogP) is 2.32. The summed E-state index contributed by atoms with van der Waals surface area (Å²) in [6.45, 7) is 5.81. The molecule has 0 saturated carbocycles. The van der Waals surface area contributed by atoms with Crippen molar-refractivity contribution in [2.24, 2.45) is 0 Å². The van der Waals surface area contributed by atoms with Gasteiger partial charge in [-0.2, -0.15) is 5.10 Å². The lowest BCUT2D eigenvalue weighted by atomic mass is 10.1. The third-order valence-corrected chi connectivity index (χ3v) is 3.11. The maximum Gasteiger partial charge on any atom is 0.339 e. The molecule has 6 nitrogen and oxygen atoms in total. The zero-order valence-electron chi connectivity index (χ0n) is 11.2. The van der Waals surface area contributed by atoms with Gasteiger partial charge in [-0.15, -0.1) is 0 Å². The Labute approximate surface area is 111 Å². The smallest absolute Gasteiger partial charge is 0.339 e. The molecule has 0 fully saturated rings. The van der Waals surface area contributed by atoms with Gasteiger partial charge in [-0.05, 0) is 20.3 Å². The Balaban J connectivity index is 2.59. The van der Waals surface area contributed by atoms with Crippen molar-refractivity contribution in [3.8, 4) is 11.4 Å². The summed E-state index contributed by atoms with van der Waals surface area (Å²) >= 11 is 0. The Morgan fingerprint density at radius 1 is 1.37 bits per heavy atom. The van der Waals surface area contributed by atoms with Crippen molar-refractivity contribution in [1.29, 1.82) is 0 Å². The summed E-state index contributed by atoms with van der Waals surface area (Å²) in [5, 5.41) is 13.7. The summed E-state index contributed by atoms with van der Waals surface area (Å²) in [4.78, 5) is 19.6. The van der Waals surface area contributed by atoms with Crippen LogP contribution >= 0.6 is 0 Å². The first-order chi connectivity index (χ1) is 9.04. The van der Waals surface area contributed by atoms with Crippen LogP contribution in [0.3, 0.4) is 0 Å². The molecule has 2 heterocycles. The number of aryl methyl sites for hydroxylation is 1. The average molecular weight is 260 g/mol. The Morgan fingerprint density at radius 3 is 2.63 bits per heavy atom. The summed E-state index contributed by atoms with van der Waals surface area (Å²) in [6, 6.07) is 0.142. The highest BCUT2D eigenvalue weighted by atomic mass is 16.4. The Kier molecular flexibility index (Phi) is 3.59. The molecule has 0 saturated heterocycles. The number of carbonyl (C=O) groups is 1. The van der Waals surface area contributed by atoms with E-state index in [1.807, 2.05) is 13.8 Å². The zero-order chi connectivity index (χ0) is 14.0. The molecule has 19 heavy (non-hydrogen) atoms. The second-order valence-corrected chi connectivity index (χ2v) is 4.42. The number of carboxylic acid groups (broad SMARTS) is 1. The van der Waals surface area contributed by atoms with Crippen molar-refractivity contribution in [3.63, 3.8) is 0 Å². The standard InChI is InChI=1S/C13H16N4O2/c1-4-8(2)17-7-10(13(18)19)12(16-17)11-9(3)14-5-6-15-11/h5-8H,4H2,1-3H3,(H,18,19). The van der Waals surface area contributed by atoms with Crippen molar-refractivity contribution in [2.45, 2.75) is 33.2 Å². The van der Waals surface area contributed by atoms with Gasteiger partial charge in [-0.1, -0.05) is 6.92 Å². The van der Waals surface area contributed by atoms with Gasteiger partial charge in [0.25, 0.3) is 0 Å². The lowest BCUT2D eigenvalue weighted by Crippen LogP contribution is -2.04. The van der Waals surface area contributed by atoms with Crippen LogP contribution in [0.1, 0.15) is 42.4 Å². The first-order valence-corrected chi connectivity index (χ1v) is 6.15. The van der Waals surface area contributed by atoms with Crippen molar-refractivity contribution in [1.82, 2.24) is 19.7 Å². The third-order valence-electron chi connectivity index (χ3n) is 3.11. The summed E-state index contributed by atoms with van der Waals surface area (Å²) < 4.78 is 1.67. The van der Waals surface area contributed by atoms with E-state index >= 15 is 0 Å². The summed E-state index contributed by atoms with van der Waals surface area (Å²) in [7, 11) is 0. The van der Waals surface area contributed by atoms with Crippen molar-refractivity contribution in [3.05, 3.63) is 29.8 Å². The van der Waals surface area contributed by atoms with Gasteiger partial charge in [0.15, 0.2) is 0 Å². The fourth-order valence-corrected chi connectivity index (χ4v) is 1.78. The molecular formula is C13H16N4O2. The topological polar surface area (TPSA) is 80.9 Å². The van der Waals surface area contributed by atoms with E-state index in [-0.39, 0.29) is 11.6 Å². The largest absolute Gasteiger partial charge is 0.478 e. The molecule has 0 aromatic carbocycles. The number of hydrogen-bond donors (Lipinski definition) is 1. The Hall–Kier alpha value is -2.24. The molecule has 0 aliphatic heterocycles. The van der Waals surface area contributed by atoms with Crippen LogP contribution in [0, 0.1) is 6.92 Å². The maximum atomic E-state index is 11.3. The zero-order valence-corrected chi connectivity index (χ0v) is 11.2. The highest BCUT2D eigenvalue weighted by Crippen LogP contribution is 2.24. The lowest BCUT2D eigenvalue weighted by Gasteiger charge is -2.08. The van der Waals surface area contributed by atoms with Gasteiger partial charge in [0, 0.05) is 24.6 Å². The fourth-order valence-electron chi connectivity index (χ4n) is 1.78. The molecule has 1 N–H and O–H groups in total. The maximum absolute atomic E-state index is 11.3. The predicted molar refractivity (Wildman–Crippen MR) is 70.0 cm³/mol. The van der Waals surface area contributed by atoms with Crippen molar-refractivity contribution < 1.29 is 9.90 Å². The van der Waals surface area contributed by atoms with E-state index in [2.05, 4.69) is 15.1 Å². The van der Waals surface area contributed by atoms with Crippen LogP contribution in [0.5, 0.6) is 0 Å².